The maximum atomic E-state index is 12.0. The Balaban J connectivity index is 4.61. The molecule has 0 aliphatic heterocycles. The highest BCUT2D eigenvalue weighted by Gasteiger charge is 2.30. The molecule has 1 N–H and O–H groups in total. The third-order valence-corrected chi connectivity index (χ3v) is 2.57. The van der Waals surface area contributed by atoms with Crippen LogP contribution < -0.4 is 0 Å². The van der Waals surface area contributed by atoms with Gasteiger partial charge in [0, 0.05) is 12.0 Å². The normalized spacial score (nSPS) is 11.2. The zero-order valence-electron chi connectivity index (χ0n) is 10.0. The van der Waals surface area contributed by atoms with Crippen LogP contribution in [0.3, 0.4) is 0 Å². The Labute approximate surface area is 91.3 Å². The zero-order chi connectivity index (χ0) is 12.1. The SMILES string of the molecule is CCCN(CC(=O)O)C(=O)C(C)(C)CC. The number of rotatable bonds is 6. The van der Waals surface area contributed by atoms with E-state index in [2.05, 4.69) is 0 Å². The van der Waals surface area contributed by atoms with Gasteiger partial charge in [0.25, 0.3) is 0 Å². The third kappa shape index (κ3) is 4.32. The summed E-state index contributed by atoms with van der Waals surface area (Å²) in [5, 5.41) is 8.70. The second-order valence-corrected chi connectivity index (χ2v) is 4.36. The molecular weight excluding hydrogens is 194 g/mol. The molecule has 0 fully saturated rings. The molecule has 0 aromatic rings. The van der Waals surface area contributed by atoms with E-state index in [0.29, 0.717) is 13.0 Å². The summed E-state index contributed by atoms with van der Waals surface area (Å²) >= 11 is 0. The number of nitrogens with zero attached hydrogens (tertiary/aromatic N) is 1. The lowest BCUT2D eigenvalue weighted by Gasteiger charge is -2.29. The number of hydrogen-bond acceptors (Lipinski definition) is 2. The molecule has 4 heteroatoms. The first-order chi connectivity index (χ1) is 6.85. The lowest BCUT2D eigenvalue weighted by molar-refractivity contribution is -0.149. The fourth-order valence-corrected chi connectivity index (χ4v) is 1.26. The van der Waals surface area contributed by atoms with Crippen LogP contribution in [0.15, 0.2) is 0 Å². The van der Waals surface area contributed by atoms with E-state index in [4.69, 9.17) is 5.11 Å². The monoisotopic (exact) mass is 215 g/mol. The van der Waals surface area contributed by atoms with Gasteiger partial charge in [0.15, 0.2) is 0 Å². The maximum absolute atomic E-state index is 12.0. The Hall–Kier alpha value is -1.06. The van der Waals surface area contributed by atoms with Crippen LogP contribution >= 0.6 is 0 Å². The Morgan fingerprint density at radius 3 is 2.13 bits per heavy atom. The summed E-state index contributed by atoms with van der Waals surface area (Å²) in [4.78, 5) is 24.0. The quantitative estimate of drug-likeness (QED) is 0.734. The number of hydrogen-bond donors (Lipinski definition) is 1. The van der Waals surface area contributed by atoms with Crippen LogP contribution in [0.5, 0.6) is 0 Å². The van der Waals surface area contributed by atoms with Gasteiger partial charge < -0.3 is 10.0 Å². The fourth-order valence-electron chi connectivity index (χ4n) is 1.26. The highest BCUT2D eigenvalue weighted by Crippen LogP contribution is 2.22. The van der Waals surface area contributed by atoms with Crippen molar-refractivity contribution in [3.63, 3.8) is 0 Å². The number of aliphatic carboxylic acids is 1. The van der Waals surface area contributed by atoms with Gasteiger partial charge in [-0.1, -0.05) is 27.7 Å². The molecule has 0 aromatic carbocycles. The average molecular weight is 215 g/mol. The first-order valence-corrected chi connectivity index (χ1v) is 5.36. The topological polar surface area (TPSA) is 57.6 Å². The molecule has 0 saturated carbocycles. The van der Waals surface area contributed by atoms with Gasteiger partial charge in [-0.25, -0.2) is 0 Å². The van der Waals surface area contributed by atoms with Gasteiger partial charge >= 0.3 is 5.97 Å². The highest BCUT2D eigenvalue weighted by molar-refractivity contribution is 5.85. The Kier molecular flexibility index (Phi) is 5.33. The second kappa shape index (κ2) is 5.73. The fraction of sp³-hybridized carbons (Fsp3) is 0.818. The first kappa shape index (κ1) is 13.9. The van der Waals surface area contributed by atoms with Gasteiger partial charge in [0.2, 0.25) is 5.91 Å². The standard InChI is InChI=1S/C11H21NO3/c1-5-7-12(8-9(13)14)10(15)11(3,4)6-2/h5-8H2,1-4H3,(H,13,14). The molecule has 0 aliphatic carbocycles. The lowest BCUT2D eigenvalue weighted by Crippen LogP contribution is -2.43. The number of carboxylic acid groups (broad SMARTS) is 1. The number of amides is 1. The van der Waals surface area contributed by atoms with Crippen molar-refractivity contribution in [2.75, 3.05) is 13.1 Å². The van der Waals surface area contributed by atoms with E-state index in [-0.39, 0.29) is 12.5 Å². The van der Waals surface area contributed by atoms with Crippen LogP contribution in [-0.2, 0) is 9.59 Å². The average Bonchev–Trinajstić information content (AvgIpc) is 2.15. The predicted octanol–water partition coefficient (Wildman–Crippen LogP) is 1.75. The Morgan fingerprint density at radius 1 is 1.27 bits per heavy atom. The minimum Gasteiger partial charge on any atom is -0.480 e. The molecule has 0 aromatic heterocycles. The predicted molar refractivity (Wildman–Crippen MR) is 58.6 cm³/mol. The smallest absolute Gasteiger partial charge is 0.323 e. The van der Waals surface area contributed by atoms with Crippen molar-refractivity contribution in [3.8, 4) is 0 Å². The minimum atomic E-state index is -0.955. The minimum absolute atomic E-state index is 0.0748. The molecule has 88 valence electrons. The van der Waals surface area contributed by atoms with Crippen molar-refractivity contribution >= 4 is 11.9 Å². The summed E-state index contributed by atoms with van der Waals surface area (Å²) < 4.78 is 0. The van der Waals surface area contributed by atoms with Crippen LogP contribution in [0.4, 0.5) is 0 Å². The lowest BCUT2D eigenvalue weighted by atomic mass is 9.88. The summed E-state index contributed by atoms with van der Waals surface area (Å²) in [5.41, 5.74) is -0.468. The van der Waals surface area contributed by atoms with E-state index in [0.717, 1.165) is 6.42 Å². The van der Waals surface area contributed by atoms with E-state index in [1.165, 1.54) is 4.90 Å². The van der Waals surface area contributed by atoms with E-state index >= 15 is 0 Å². The van der Waals surface area contributed by atoms with Crippen molar-refractivity contribution in [2.24, 2.45) is 5.41 Å². The molecule has 0 saturated heterocycles. The second-order valence-electron chi connectivity index (χ2n) is 4.36. The van der Waals surface area contributed by atoms with Gasteiger partial charge in [-0.15, -0.1) is 0 Å². The van der Waals surface area contributed by atoms with E-state index in [1.807, 2.05) is 27.7 Å². The van der Waals surface area contributed by atoms with Gasteiger partial charge in [-0.05, 0) is 12.8 Å². The Morgan fingerprint density at radius 2 is 1.80 bits per heavy atom. The van der Waals surface area contributed by atoms with Gasteiger partial charge in [-0.2, -0.15) is 0 Å². The molecule has 15 heavy (non-hydrogen) atoms. The van der Waals surface area contributed by atoms with Crippen LogP contribution in [0, 0.1) is 5.41 Å². The van der Waals surface area contributed by atoms with E-state index < -0.39 is 11.4 Å². The molecule has 0 heterocycles. The summed E-state index contributed by atoms with van der Waals surface area (Å²) in [6.45, 7) is 7.87. The van der Waals surface area contributed by atoms with Crippen molar-refractivity contribution in [1.29, 1.82) is 0 Å². The van der Waals surface area contributed by atoms with E-state index in [1.54, 1.807) is 0 Å². The molecule has 0 aliphatic rings. The van der Waals surface area contributed by atoms with Crippen molar-refractivity contribution in [1.82, 2.24) is 4.90 Å². The number of carboxylic acids is 1. The van der Waals surface area contributed by atoms with Crippen LogP contribution in [-0.4, -0.2) is 35.0 Å². The van der Waals surface area contributed by atoms with Gasteiger partial charge in [-0.3, -0.25) is 9.59 Å². The van der Waals surface area contributed by atoms with Crippen LogP contribution in [0.2, 0.25) is 0 Å². The maximum Gasteiger partial charge on any atom is 0.323 e. The number of carbonyl (C=O) groups is 2. The van der Waals surface area contributed by atoms with Crippen molar-refractivity contribution in [3.05, 3.63) is 0 Å². The largest absolute Gasteiger partial charge is 0.480 e. The molecule has 0 rings (SSSR count). The Bertz CT molecular complexity index is 236. The molecule has 0 spiro atoms. The van der Waals surface area contributed by atoms with E-state index in [9.17, 15) is 9.59 Å². The summed E-state index contributed by atoms with van der Waals surface area (Å²) in [7, 11) is 0. The molecule has 1 amide bonds. The summed E-state index contributed by atoms with van der Waals surface area (Å²) in [5.74, 6) is -1.03. The molecular formula is C11H21NO3. The molecule has 0 unspecified atom stereocenters. The van der Waals surface area contributed by atoms with Crippen LogP contribution in [0.25, 0.3) is 0 Å². The third-order valence-electron chi connectivity index (χ3n) is 2.57. The van der Waals surface area contributed by atoms with Crippen molar-refractivity contribution in [2.45, 2.75) is 40.5 Å². The summed E-state index contributed by atoms with van der Waals surface area (Å²) in [6.07, 6.45) is 1.49. The van der Waals surface area contributed by atoms with Gasteiger partial charge in [0.1, 0.15) is 6.54 Å². The van der Waals surface area contributed by atoms with Gasteiger partial charge in [0.05, 0.1) is 0 Å². The molecule has 4 nitrogen and oxygen atoms in total. The zero-order valence-corrected chi connectivity index (χ0v) is 10.0. The first-order valence-electron chi connectivity index (χ1n) is 5.36. The summed E-state index contributed by atoms with van der Waals surface area (Å²) in [6, 6.07) is 0. The number of carbonyl (C=O) groups excluding carboxylic acids is 1. The molecule has 0 radical (unpaired) electrons. The van der Waals surface area contributed by atoms with Crippen LogP contribution in [0.1, 0.15) is 40.5 Å². The highest BCUT2D eigenvalue weighted by atomic mass is 16.4. The molecule has 0 bridgehead atoms. The van der Waals surface area contributed by atoms with Crippen molar-refractivity contribution < 1.29 is 14.7 Å². The molecule has 0 atom stereocenters.